The molecule has 1 aromatic heterocycles. The number of benzene rings is 10. The van der Waals surface area contributed by atoms with E-state index >= 15 is 0 Å². The predicted octanol–water partition coefficient (Wildman–Crippen LogP) is 12.0. The summed E-state index contributed by atoms with van der Waals surface area (Å²) in [5.74, 6) is -7.50. The molecular formula is C50H30O9. The molecule has 0 aliphatic rings. The van der Waals surface area contributed by atoms with Gasteiger partial charge in [0.25, 0.3) is 0 Å². The zero-order valence-corrected chi connectivity index (χ0v) is 30.7. The summed E-state index contributed by atoms with van der Waals surface area (Å²) in [4.78, 5) is 0. The number of fused-ring (bicyclic) bond motifs is 10. The van der Waals surface area contributed by atoms with Gasteiger partial charge in [-0.2, -0.15) is 0 Å². The van der Waals surface area contributed by atoms with Gasteiger partial charge in [-0.1, -0.05) is 109 Å². The van der Waals surface area contributed by atoms with E-state index in [0.717, 1.165) is 48.8 Å². The summed E-state index contributed by atoms with van der Waals surface area (Å²) in [5.41, 5.74) is 3.41. The van der Waals surface area contributed by atoms with Crippen molar-refractivity contribution >= 4 is 75.8 Å². The number of furan rings is 1. The quantitative estimate of drug-likeness (QED) is 0.0376. The van der Waals surface area contributed by atoms with E-state index in [4.69, 9.17) is 4.42 Å². The molecule has 0 unspecified atom stereocenters. The summed E-state index contributed by atoms with van der Waals surface area (Å²) >= 11 is 0. The van der Waals surface area contributed by atoms with E-state index in [9.17, 15) is 40.9 Å². The lowest BCUT2D eigenvalue weighted by Gasteiger charge is -2.22. The molecule has 9 nitrogen and oxygen atoms in total. The van der Waals surface area contributed by atoms with Crippen LogP contribution < -0.4 is 0 Å². The van der Waals surface area contributed by atoms with Crippen molar-refractivity contribution in [2.24, 2.45) is 0 Å². The van der Waals surface area contributed by atoms with Crippen molar-refractivity contribution in [3.05, 3.63) is 133 Å². The highest BCUT2D eigenvalue weighted by molar-refractivity contribution is 6.29. The Morgan fingerprint density at radius 1 is 0.271 bits per heavy atom. The lowest BCUT2D eigenvalue weighted by molar-refractivity contribution is 0.350. The molecule has 0 atom stereocenters. The van der Waals surface area contributed by atoms with Crippen LogP contribution in [-0.2, 0) is 0 Å². The first-order chi connectivity index (χ1) is 28.6. The third kappa shape index (κ3) is 4.66. The Bertz CT molecular complexity index is 3560. The Kier molecular flexibility index (Phi) is 6.97. The second-order valence-electron chi connectivity index (χ2n) is 14.8. The molecule has 0 aliphatic heterocycles. The Labute approximate surface area is 333 Å². The molecule has 0 saturated heterocycles. The van der Waals surface area contributed by atoms with E-state index in [-0.39, 0.29) is 32.7 Å². The molecule has 0 amide bonds. The second-order valence-corrected chi connectivity index (χ2v) is 14.8. The van der Waals surface area contributed by atoms with Crippen molar-refractivity contribution in [2.75, 3.05) is 0 Å². The van der Waals surface area contributed by atoms with Crippen LogP contribution in [0.2, 0.25) is 0 Å². The van der Waals surface area contributed by atoms with Crippen LogP contribution in [0.5, 0.6) is 46.0 Å². The third-order valence-corrected chi connectivity index (χ3v) is 11.7. The molecule has 8 N–H and O–H groups in total. The smallest absolute Gasteiger partial charge is 0.204 e. The first-order valence-corrected chi connectivity index (χ1v) is 18.7. The van der Waals surface area contributed by atoms with Gasteiger partial charge in [0.05, 0.1) is 0 Å². The van der Waals surface area contributed by atoms with Crippen LogP contribution >= 0.6 is 0 Å². The fourth-order valence-electron chi connectivity index (χ4n) is 8.92. The van der Waals surface area contributed by atoms with E-state index < -0.39 is 46.0 Å². The van der Waals surface area contributed by atoms with E-state index in [1.807, 2.05) is 66.7 Å². The van der Waals surface area contributed by atoms with Crippen LogP contribution in [0.3, 0.4) is 0 Å². The van der Waals surface area contributed by atoms with Gasteiger partial charge in [-0.05, 0) is 78.8 Å². The van der Waals surface area contributed by atoms with Crippen molar-refractivity contribution < 1.29 is 45.3 Å². The number of aromatic hydroxyl groups is 8. The minimum Gasteiger partial charge on any atom is -0.504 e. The number of hydrogen-bond donors (Lipinski definition) is 8. The average Bonchev–Trinajstić information content (AvgIpc) is 3.66. The van der Waals surface area contributed by atoms with Crippen molar-refractivity contribution in [2.45, 2.75) is 0 Å². The highest BCUT2D eigenvalue weighted by Gasteiger charge is 2.32. The number of phenols is 8. The highest BCUT2D eigenvalue weighted by atomic mass is 16.4. The maximum atomic E-state index is 11.8. The van der Waals surface area contributed by atoms with Gasteiger partial charge in [-0.25, -0.2) is 0 Å². The van der Waals surface area contributed by atoms with Gasteiger partial charge in [0.2, 0.25) is 23.0 Å². The molecule has 1 heterocycles. The van der Waals surface area contributed by atoms with Crippen LogP contribution in [-0.4, -0.2) is 40.9 Å². The monoisotopic (exact) mass is 774 g/mol. The first kappa shape index (κ1) is 34.0. The van der Waals surface area contributed by atoms with Gasteiger partial charge >= 0.3 is 0 Å². The van der Waals surface area contributed by atoms with Gasteiger partial charge in [0.15, 0.2) is 23.0 Å². The molecule has 0 spiro atoms. The molecule has 0 radical (unpaired) electrons. The van der Waals surface area contributed by atoms with Crippen LogP contribution in [0.15, 0.2) is 138 Å². The Balaban J connectivity index is 1.21. The van der Waals surface area contributed by atoms with Crippen molar-refractivity contribution in [3.8, 4) is 79.4 Å². The first-order valence-electron chi connectivity index (χ1n) is 18.7. The minimum atomic E-state index is -1.03. The minimum absolute atomic E-state index is 0.0256. The van der Waals surface area contributed by atoms with Crippen molar-refractivity contribution in [3.63, 3.8) is 0 Å². The summed E-state index contributed by atoms with van der Waals surface area (Å²) in [6, 6.07) is 42.1. The average molecular weight is 775 g/mol. The Morgan fingerprint density at radius 3 is 1.34 bits per heavy atom. The topological polar surface area (TPSA) is 175 Å². The zero-order chi connectivity index (χ0) is 40.4. The summed E-state index contributed by atoms with van der Waals surface area (Å²) in [7, 11) is 0. The lowest BCUT2D eigenvalue weighted by atomic mass is 9.83. The zero-order valence-electron chi connectivity index (χ0n) is 30.7. The van der Waals surface area contributed by atoms with Crippen molar-refractivity contribution in [1.29, 1.82) is 0 Å². The van der Waals surface area contributed by atoms with Gasteiger partial charge < -0.3 is 45.3 Å². The molecule has 11 aromatic rings. The maximum Gasteiger partial charge on any atom is 0.204 e. The Hall–Kier alpha value is -8.30. The molecular weight excluding hydrogens is 745 g/mol. The molecule has 11 rings (SSSR count). The Morgan fingerprint density at radius 2 is 0.712 bits per heavy atom. The second kappa shape index (κ2) is 12.1. The molecule has 0 fully saturated rings. The van der Waals surface area contributed by atoms with E-state index in [1.165, 1.54) is 0 Å². The van der Waals surface area contributed by atoms with E-state index in [1.54, 1.807) is 30.3 Å². The number of phenolic OH excluding ortho intramolecular Hbond substituents is 8. The largest absolute Gasteiger partial charge is 0.504 e. The summed E-state index contributed by atoms with van der Waals surface area (Å²) < 4.78 is 6.21. The van der Waals surface area contributed by atoms with E-state index in [0.29, 0.717) is 27.7 Å². The number of hydrogen-bond acceptors (Lipinski definition) is 9. The fourth-order valence-corrected chi connectivity index (χ4v) is 8.92. The van der Waals surface area contributed by atoms with Gasteiger partial charge in [-0.15, -0.1) is 0 Å². The fraction of sp³-hybridized carbons (Fsp3) is 0. The molecule has 0 saturated carbocycles. The van der Waals surface area contributed by atoms with Gasteiger partial charge in [0, 0.05) is 43.4 Å². The molecule has 10 aromatic carbocycles. The van der Waals surface area contributed by atoms with Crippen LogP contribution in [0.4, 0.5) is 0 Å². The SMILES string of the molecule is Oc1c(O)c(O)c2c(-c3ccc4oc5ccc6ccccc6c5c4c3)c3c(O)c(O)c(O)c(O)c3c(-c3ccc(-c4ccc5c(ccc6ccccc65)c4)cc3)c2c1O. The van der Waals surface area contributed by atoms with E-state index in [2.05, 4.69) is 36.4 Å². The highest BCUT2D eigenvalue weighted by Crippen LogP contribution is 2.62. The molecule has 284 valence electrons. The summed E-state index contributed by atoms with van der Waals surface area (Å²) in [5, 5.41) is 97.9. The molecule has 59 heavy (non-hydrogen) atoms. The van der Waals surface area contributed by atoms with Crippen LogP contribution in [0.25, 0.3) is 109 Å². The van der Waals surface area contributed by atoms with Crippen LogP contribution in [0.1, 0.15) is 0 Å². The summed E-state index contributed by atoms with van der Waals surface area (Å²) in [6.45, 7) is 0. The standard InChI is InChI=1S/C50H30O9/c51-43-39-36(26-12-9-23(10-13-26)27-15-18-31-28(21-27)14-11-24-5-1-3-7-30(24)31)40-42(46(54)50(58)48(56)44(40)52)37(41(39)45(53)49(57)47(43)55)29-17-19-34-33(22-29)38-32-8-4-2-6-25(32)16-20-35(38)59-34/h1-22,51-58H. The van der Waals surface area contributed by atoms with Crippen LogP contribution in [0, 0.1) is 0 Å². The maximum absolute atomic E-state index is 11.8. The number of rotatable bonds is 3. The third-order valence-electron chi connectivity index (χ3n) is 11.7. The molecule has 9 heteroatoms. The van der Waals surface area contributed by atoms with Gasteiger partial charge in [-0.3, -0.25) is 0 Å². The predicted molar refractivity (Wildman–Crippen MR) is 231 cm³/mol. The summed E-state index contributed by atoms with van der Waals surface area (Å²) in [6.07, 6.45) is 0. The van der Waals surface area contributed by atoms with Gasteiger partial charge in [0.1, 0.15) is 11.2 Å². The molecule has 0 bridgehead atoms. The lowest BCUT2D eigenvalue weighted by Crippen LogP contribution is -1.94. The van der Waals surface area contributed by atoms with Crippen molar-refractivity contribution in [1.82, 2.24) is 0 Å². The normalized spacial score (nSPS) is 11.9. The molecule has 0 aliphatic carbocycles.